The monoisotopic (exact) mass is 526 g/mol. The van der Waals surface area contributed by atoms with Crippen molar-refractivity contribution in [2.45, 2.75) is 31.6 Å². The third kappa shape index (κ3) is 6.03. The maximum atomic E-state index is 13.2. The summed E-state index contributed by atoms with van der Waals surface area (Å²) in [5, 5.41) is 3.27. The molecule has 1 heterocycles. The second-order valence-corrected chi connectivity index (χ2v) is 10.5. The first-order chi connectivity index (χ1) is 12.6. The molecule has 1 aliphatic rings. The minimum Gasteiger partial charge on any atom is -0.357 e. The average Bonchev–Trinajstić information content (AvgIpc) is 2.58. The van der Waals surface area contributed by atoms with Gasteiger partial charge in [0.2, 0.25) is 0 Å². The molecule has 0 saturated carbocycles. The van der Waals surface area contributed by atoms with Gasteiger partial charge in [-0.05, 0) is 52.6 Å². The van der Waals surface area contributed by atoms with Crippen molar-refractivity contribution in [3.05, 3.63) is 35.6 Å². The van der Waals surface area contributed by atoms with Gasteiger partial charge in [0.1, 0.15) is 5.82 Å². The maximum absolute atomic E-state index is 13.2. The summed E-state index contributed by atoms with van der Waals surface area (Å²) < 4.78 is 37.0. The van der Waals surface area contributed by atoms with Gasteiger partial charge in [-0.25, -0.2) is 12.8 Å². The van der Waals surface area contributed by atoms with Crippen LogP contribution in [0.25, 0.3) is 0 Å². The van der Waals surface area contributed by atoms with Crippen molar-refractivity contribution in [1.29, 1.82) is 0 Å². The molecule has 0 spiro atoms. The van der Waals surface area contributed by atoms with E-state index >= 15 is 0 Å². The molecular formula is C19H32FIN4O2S. The van der Waals surface area contributed by atoms with E-state index in [2.05, 4.69) is 5.32 Å². The van der Waals surface area contributed by atoms with E-state index in [4.69, 9.17) is 4.99 Å². The number of rotatable bonds is 5. The van der Waals surface area contributed by atoms with Gasteiger partial charge >= 0.3 is 0 Å². The van der Waals surface area contributed by atoms with Gasteiger partial charge in [0.15, 0.2) is 15.8 Å². The van der Waals surface area contributed by atoms with Gasteiger partial charge in [-0.3, -0.25) is 4.99 Å². The summed E-state index contributed by atoms with van der Waals surface area (Å²) in [6.45, 7) is 7.55. The van der Waals surface area contributed by atoms with Crippen LogP contribution in [-0.2, 0) is 9.84 Å². The maximum Gasteiger partial charge on any atom is 0.194 e. The number of aliphatic imine (C=N–C) groups is 1. The Kier molecular flexibility index (Phi) is 9.14. The highest BCUT2D eigenvalue weighted by Crippen LogP contribution is 2.24. The highest BCUT2D eigenvalue weighted by molar-refractivity contribution is 14.0. The van der Waals surface area contributed by atoms with Gasteiger partial charge in [0, 0.05) is 19.6 Å². The largest absolute Gasteiger partial charge is 0.357 e. The Hall–Kier alpha value is -0.940. The van der Waals surface area contributed by atoms with Crippen LogP contribution in [0.3, 0.4) is 0 Å². The summed E-state index contributed by atoms with van der Waals surface area (Å²) in [5.41, 5.74) is 0.988. The van der Waals surface area contributed by atoms with E-state index in [-0.39, 0.29) is 41.6 Å². The molecule has 0 aliphatic carbocycles. The van der Waals surface area contributed by atoms with E-state index in [1.165, 1.54) is 12.1 Å². The first-order valence-corrected chi connectivity index (χ1v) is 10.9. The van der Waals surface area contributed by atoms with Crippen LogP contribution in [0.4, 0.5) is 4.39 Å². The van der Waals surface area contributed by atoms with Crippen molar-refractivity contribution in [3.63, 3.8) is 0 Å². The molecule has 1 saturated heterocycles. The minimum absolute atomic E-state index is 0. The van der Waals surface area contributed by atoms with Crippen LogP contribution in [0.1, 0.15) is 32.4 Å². The summed E-state index contributed by atoms with van der Waals surface area (Å²) in [4.78, 5) is 8.83. The van der Waals surface area contributed by atoms with Crippen LogP contribution in [-0.4, -0.2) is 75.0 Å². The molecule has 1 fully saturated rings. The Morgan fingerprint density at radius 3 is 2.43 bits per heavy atom. The van der Waals surface area contributed by atoms with Gasteiger partial charge < -0.3 is 15.1 Å². The fourth-order valence-electron chi connectivity index (χ4n) is 3.18. The number of nitrogens with one attached hydrogen (secondary N) is 1. The topological polar surface area (TPSA) is 65.0 Å². The molecule has 1 unspecified atom stereocenters. The second-order valence-electron chi connectivity index (χ2n) is 7.73. The molecule has 0 amide bonds. The normalized spacial score (nSPS) is 19.8. The number of halogens is 2. The Bertz CT molecular complexity index is 767. The van der Waals surface area contributed by atoms with E-state index in [1.807, 2.05) is 30.8 Å². The smallest absolute Gasteiger partial charge is 0.194 e. The molecule has 160 valence electrons. The minimum atomic E-state index is -3.10. The number of likely N-dealkylation sites (N-methyl/N-ethyl adjacent to an activating group) is 1. The van der Waals surface area contributed by atoms with Crippen LogP contribution in [0.5, 0.6) is 0 Å². The highest BCUT2D eigenvalue weighted by Gasteiger charge is 2.41. The Morgan fingerprint density at radius 2 is 1.93 bits per heavy atom. The van der Waals surface area contributed by atoms with Crippen molar-refractivity contribution in [2.75, 3.05) is 46.0 Å². The van der Waals surface area contributed by atoms with Gasteiger partial charge in [-0.2, -0.15) is 0 Å². The lowest BCUT2D eigenvalue weighted by Gasteiger charge is -2.39. The first-order valence-electron chi connectivity index (χ1n) is 9.25. The zero-order chi connectivity index (χ0) is 20.2. The van der Waals surface area contributed by atoms with E-state index in [0.29, 0.717) is 26.2 Å². The molecule has 1 aromatic carbocycles. The van der Waals surface area contributed by atoms with Crippen molar-refractivity contribution in [3.8, 4) is 0 Å². The molecule has 6 nitrogen and oxygen atoms in total. The molecular weight excluding hydrogens is 494 g/mol. The number of benzene rings is 1. The predicted molar refractivity (Wildman–Crippen MR) is 124 cm³/mol. The van der Waals surface area contributed by atoms with Gasteiger partial charge in [0.05, 0.1) is 23.1 Å². The number of sulfone groups is 1. The van der Waals surface area contributed by atoms with Crippen LogP contribution in [0.15, 0.2) is 29.3 Å². The molecule has 1 aromatic rings. The van der Waals surface area contributed by atoms with E-state index in [1.54, 1.807) is 26.0 Å². The molecule has 0 radical (unpaired) electrons. The fraction of sp³-hybridized carbons (Fsp3) is 0.632. The van der Waals surface area contributed by atoms with Crippen LogP contribution in [0, 0.1) is 5.82 Å². The Morgan fingerprint density at radius 1 is 1.32 bits per heavy atom. The number of nitrogens with zero attached hydrogens (tertiary/aromatic N) is 3. The average molecular weight is 526 g/mol. The van der Waals surface area contributed by atoms with Crippen LogP contribution < -0.4 is 5.32 Å². The molecule has 0 bridgehead atoms. The highest BCUT2D eigenvalue weighted by atomic mass is 127. The van der Waals surface area contributed by atoms with E-state index in [0.717, 1.165) is 11.5 Å². The molecule has 0 aromatic heterocycles. The van der Waals surface area contributed by atoms with E-state index in [9.17, 15) is 12.8 Å². The van der Waals surface area contributed by atoms with Gasteiger partial charge in [-0.15, -0.1) is 24.0 Å². The molecule has 2 rings (SSSR count). The summed E-state index contributed by atoms with van der Waals surface area (Å²) in [5.74, 6) is 0.582. The molecule has 9 heteroatoms. The summed E-state index contributed by atoms with van der Waals surface area (Å²) in [6, 6.07) is 6.47. The van der Waals surface area contributed by atoms with Gasteiger partial charge in [0.25, 0.3) is 0 Å². The van der Waals surface area contributed by atoms with Crippen molar-refractivity contribution in [2.24, 2.45) is 4.99 Å². The summed E-state index contributed by atoms with van der Waals surface area (Å²) >= 11 is 0. The van der Waals surface area contributed by atoms with Crippen LogP contribution in [0.2, 0.25) is 0 Å². The zero-order valence-electron chi connectivity index (χ0n) is 17.3. The molecule has 1 aliphatic heterocycles. The Labute approximate surface area is 185 Å². The number of guanidine groups is 1. The van der Waals surface area contributed by atoms with Crippen molar-refractivity contribution >= 4 is 39.8 Å². The predicted octanol–water partition coefficient (Wildman–Crippen LogP) is 2.52. The third-order valence-electron chi connectivity index (χ3n) is 4.97. The standard InChI is InChI=1S/C19H31FN4O2S.HI/c1-6-21-18(24-11-12-27(25,26)19(2,3)14-24)22-13-17(23(4)5)15-7-9-16(20)10-8-15;/h7-10,17H,6,11-14H2,1-5H3,(H,21,22);1H. The first kappa shape index (κ1) is 25.1. The lowest BCUT2D eigenvalue weighted by Crippen LogP contribution is -2.57. The fourth-order valence-corrected chi connectivity index (χ4v) is 4.54. The molecule has 1 atom stereocenters. The van der Waals surface area contributed by atoms with E-state index < -0.39 is 14.6 Å². The van der Waals surface area contributed by atoms with Gasteiger partial charge in [-0.1, -0.05) is 12.1 Å². The second kappa shape index (κ2) is 10.2. The SMILES string of the molecule is CCNC(=NCC(c1ccc(F)cc1)N(C)C)N1CCS(=O)(=O)C(C)(C)C1.I. The summed E-state index contributed by atoms with van der Waals surface area (Å²) in [6.07, 6.45) is 0. The van der Waals surface area contributed by atoms with Crippen molar-refractivity contribution in [1.82, 2.24) is 15.1 Å². The zero-order valence-corrected chi connectivity index (χ0v) is 20.4. The van der Waals surface area contributed by atoms with Crippen LogP contribution >= 0.6 is 24.0 Å². The van der Waals surface area contributed by atoms with Crippen molar-refractivity contribution < 1.29 is 12.8 Å². The Balaban J connectivity index is 0.00000392. The lowest BCUT2D eigenvalue weighted by atomic mass is 10.1. The number of hydrogen-bond donors (Lipinski definition) is 1. The lowest BCUT2D eigenvalue weighted by molar-refractivity contribution is 0.302. The third-order valence-corrected chi connectivity index (χ3v) is 7.50. The molecule has 28 heavy (non-hydrogen) atoms. The summed E-state index contributed by atoms with van der Waals surface area (Å²) in [7, 11) is 0.828. The quantitative estimate of drug-likeness (QED) is 0.363. The number of hydrogen-bond acceptors (Lipinski definition) is 4. The molecule has 1 N–H and O–H groups in total.